The average Bonchev–Trinajstić information content (AvgIpc) is 3.16. The van der Waals surface area contributed by atoms with Crippen molar-refractivity contribution in [2.75, 3.05) is 0 Å². The Bertz CT molecular complexity index is 1130. The van der Waals surface area contributed by atoms with E-state index < -0.39 is 0 Å². The summed E-state index contributed by atoms with van der Waals surface area (Å²) in [6, 6.07) is 19.2. The summed E-state index contributed by atoms with van der Waals surface area (Å²) in [4.78, 5) is 4.17. The van der Waals surface area contributed by atoms with Crippen molar-refractivity contribution in [3.63, 3.8) is 0 Å². The van der Waals surface area contributed by atoms with Gasteiger partial charge in [0, 0.05) is 34.3 Å². The van der Waals surface area contributed by atoms with Gasteiger partial charge in [0.15, 0.2) is 5.82 Å². The van der Waals surface area contributed by atoms with Crippen molar-refractivity contribution < 1.29 is 0 Å². The minimum absolute atomic E-state index is 0.524. The summed E-state index contributed by atoms with van der Waals surface area (Å²) in [7, 11) is 0. The first kappa shape index (κ1) is 19.6. The Kier molecular flexibility index (Phi) is 6.24. The maximum atomic E-state index is 6.28. The van der Waals surface area contributed by atoms with Gasteiger partial charge in [0.2, 0.25) is 5.16 Å². The third kappa shape index (κ3) is 4.85. The van der Waals surface area contributed by atoms with E-state index in [0.717, 1.165) is 16.9 Å². The fourth-order valence-corrected chi connectivity index (χ4v) is 3.88. The molecule has 0 saturated heterocycles. The highest BCUT2D eigenvalue weighted by atomic mass is 35.5. The molecule has 0 fully saturated rings. The van der Waals surface area contributed by atoms with E-state index in [0.29, 0.717) is 21.0 Å². The molecule has 0 spiro atoms. The van der Waals surface area contributed by atoms with E-state index in [2.05, 4.69) is 32.4 Å². The van der Waals surface area contributed by atoms with Crippen LogP contribution in [0.3, 0.4) is 0 Å². The predicted molar refractivity (Wildman–Crippen MR) is 119 cm³/mol. The van der Waals surface area contributed by atoms with E-state index in [-0.39, 0.29) is 0 Å². The summed E-state index contributed by atoms with van der Waals surface area (Å²) in [5.74, 6) is 1.36. The molecule has 0 saturated carbocycles. The topological polar surface area (TPSA) is 56.0 Å². The lowest BCUT2D eigenvalue weighted by Crippen LogP contribution is -1.98. The molecule has 4 aromatic rings. The lowest BCUT2D eigenvalue weighted by molar-refractivity contribution is 0.772. The molecule has 2 aromatic carbocycles. The highest BCUT2D eigenvalue weighted by molar-refractivity contribution is 7.98. The second-order valence-electron chi connectivity index (χ2n) is 6.04. The highest BCUT2D eigenvalue weighted by Crippen LogP contribution is 2.26. The second kappa shape index (κ2) is 9.22. The van der Waals surface area contributed by atoms with Gasteiger partial charge in [-0.3, -0.25) is 4.98 Å². The number of hydrogen-bond acceptors (Lipinski definition) is 5. The van der Waals surface area contributed by atoms with Gasteiger partial charge in [-0.15, -0.1) is 10.2 Å². The van der Waals surface area contributed by atoms with Gasteiger partial charge in [-0.25, -0.2) is 0 Å². The van der Waals surface area contributed by atoms with Gasteiger partial charge >= 0.3 is 0 Å². The van der Waals surface area contributed by atoms with Gasteiger partial charge in [-0.1, -0.05) is 71.4 Å². The SMILES string of the molecule is Clc1ccc(C=Nn2c(SCc3ccccc3)nnc2-c2cccnc2)c(Cl)c1. The monoisotopic (exact) mass is 439 g/mol. The quantitative estimate of drug-likeness (QED) is 0.280. The van der Waals surface area contributed by atoms with Crippen LogP contribution in [0.4, 0.5) is 0 Å². The Labute approximate surface area is 182 Å². The van der Waals surface area contributed by atoms with Crippen LogP contribution < -0.4 is 0 Å². The molecule has 8 heteroatoms. The van der Waals surface area contributed by atoms with Crippen molar-refractivity contribution in [3.05, 3.63) is 94.2 Å². The number of rotatable bonds is 6. The van der Waals surface area contributed by atoms with Crippen molar-refractivity contribution in [1.29, 1.82) is 0 Å². The number of halogens is 2. The van der Waals surface area contributed by atoms with Gasteiger partial charge in [0.1, 0.15) is 0 Å². The number of nitrogens with zero attached hydrogens (tertiary/aromatic N) is 5. The van der Waals surface area contributed by atoms with Gasteiger partial charge in [-0.05, 0) is 29.8 Å². The van der Waals surface area contributed by atoms with Crippen LogP contribution in [0.2, 0.25) is 10.0 Å². The van der Waals surface area contributed by atoms with Crippen molar-refractivity contribution in [1.82, 2.24) is 19.9 Å². The summed E-state index contributed by atoms with van der Waals surface area (Å²) in [5, 5.41) is 15.0. The van der Waals surface area contributed by atoms with Gasteiger partial charge in [0.05, 0.1) is 11.2 Å². The molecular formula is C21H15Cl2N5S. The molecule has 0 bridgehead atoms. The molecule has 0 aliphatic carbocycles. The summed E-state index contributed by atoms with van der Waals surface area (Å²) < 4.78 is 1.70. The average molecular weight is 440 g/mol. The zero-order valence-electron chi connectivity index (χ0n) is 15.1. The molecule has 0 atom stereocenters. The Morgan fingerprint density at radius 3 is 2.62 bits per heavy atom. The third-order valence-electron chi connectivity index (χ3n) is 4.02. The molecule has 5 nitrogen and oxygen atoms in total. The molecule has 0 radical (unpaired) electrons. The van der Waals surface area contributed by atoms with Crippen LogP contribution in [0, 0.1) is 0 Å². The smallest absolute Gasteiger partial charge is 0.212 e. The molecule has 2 aromatic heterocycles. The van der Waals surface area contributed by atoms with Crippen LogP contribution >= 0.6 is 35.0 Å². The van der Waals surface area contributed by atoms with Crippen molar-refractivity contribution >= 4 is 41.2 Å². The van der Waals surface area contributed by atoms with E-state index in [9.17, 15) is 0 Å². The van der Waals surface area contributed by atoms with E-state index in [1.807, 2.05) is 36.4 Å². The maximum absolute atomic E-state index is 6.28. The van der Waals surface area contributed by atoms with Crippen LogP contribution in [0.25, 0.3) is 11.4 Å². The normalized spacial score (nSPS) is 11.2. The first-order valence-corrected chi connectivity index (χ1v) is 10.5. The second-order valence-corrected chi connectivity index (χ2v) is 7.83. The molecule has 0 aliphatic rings. The molecule has 0 unspecified atom stereocenters. The van der Waals surface area contributed by atoms with E-state index in [1.165, 1.54) is 5.56 Å². The molecule has 0 amide bonds. The predicted octanol–water partition coefficient (Wildman–Crippen LogP) is 5.82. The van der Waals surface area contributed by atoms with Crippen LogP contribution in [0.15, 0.2) is 83.3 Å². The van der Waals surface area contributed by atoms with E-state index in [4.69, 9.17) is 23.2 Å². The van der Waals surface area contributed by atoms with Gasteiger partial charge < -0.3 is 0 Å². The standard InChI is InChI=1S/C21H15Cl2N5S/c22-18-9-8-16(19(23)11-18)13-25-28-20(17-7-4-10-24-12-17)26-27-21(28)29-14-15-5-2-1-3-6-15/h1-13H,14H2. The van der Waals surface area contributed by atoms with Crippen LogP contribution in [-0.2, 0) is 5.75 Å². The largest absolute Gasteiger partial charge is 0.264 e. The number of hydrogen-bond donors (Lipinski definition) is 0. The summed E-state index contributed by atoms with van der Waals surface area (Å²) in [6.07, 6.45) is 5.12. The molecular weight excluding hydrogens is 425 g/mol. The number of thioether (sulfide) groups is 1. The van der Waals surface area contributed by atoms with E-state index in [1.54, 1.807) is 47.2 Å². The zero-order valence-corrected chi connectivity index (χ0v) is 17.4. The Morgan fingerprint density at radius 1 is 1.00 bits per heavy atom. The van der Waals surface area contributed by atoms with E-state index >= 15 is 0 Å². The molecule has 144 valence electrons. The number of aromatic nitrogens is 4. The summed E-state index contributed by atoms with van der Waals surface area (Å²) in [5.41, 5.74) is 2.77. The minimum Gasteiger partial charge on any atom is -0.264 e. The molecule has 4 rings (SSSR count). The number of pyridine rings is 1. The summed E-state index contributed by atoms with van der Waals surface area (Å²) in [6.45, 7) is 0. The number of benzene rings is 2. The third-order valence-corrected chi connectivity index (χ3v) is 5.57. The zero-order chi connectivity index (χ0) is 20.1. The fraction of sp³-hybridized carbons (Fsp3) is 0.0476. The Hall–Kier alpha value is -2.67. The van der Waals surface area contributed by atoms with Crippen molar-refractivity contribution in [2.45, 2.75) is 10.9 Å². The van der Waals surface area contributed by atoms with Crippen LogP contribution in [0.1, 0.15) is 11.1 Å². The fourth-order valence-electron chi connectivity index (χ4n) is 2.58. The molecule has 0 aliphatic heterocycles. The summed E-state index contributed by atoms with van der Waals surface area (Å²) >= 11 is 13.8. The molecule has 0 N–H and O–H groups in total. The maximum Gasteiger partial charge on any atom is 0.212 e. The van der Waals surface area contributed by atoms with Gasteiger partial charge in [0.25, 0.3) is 0 Å². The lowest BCUT2D eigenvalue weighted by Gasteiger charge is -2.05. The molecule has 2 heterocycles. The van der Waals surface area contributed by atoms with Crippen LogP contribution in [0.5, 0.6) is 0 Å². The minimum atomic E-state index is 0.524. The van der Waals surface area contributed by atoms with Crippen molar-refractivity contribution in [3.8, 4) is 11.4 Å². The van der Waals surface area contributed by atoms with Crippen molar-refractivity contribution in [2.24, 2.45) is 5.10 Å². The lowest BCUT2D eigenvalue weighted by atomic mass is 10.2. The first-order valence-electron chi connectivity index (χ1n) is 8.72. The Balaban J connectivity index is 1.68. The Morgan fingerprint density at radius 2 is 1.86 bits per heavy atom. The first-order chi connectivity index (χ1) is 14.2. The van der Waals surface area contributed by atoms with Crippen LogP contribution in [-0.4, -0.2) is 26.1 Å². The highest BCUT2D eigenvalue weighted by Gasteiger charge is 2.14. The van der Waals surface area contributed by atoms with Gasteiger partial charge in [-0.2, -0.15) is 9.78 Å². The molecule has 29 heavy (non-hydrogen) atoms.